The number of nitrogens with one attached hydrogen (secondary N) is 1. The number of hydrogen-bond acceptors (Lipinski definition) is 3. The minimum atomic E-state index is -4.70. The Bertz CT molecular complexity index is 835. The molecular weight excluding hydrogens is 329 g/mol. The molecule has 0 aliphatic rings. The van der Waals surface area contributed by atoms with E-state index >= 15 is 0 Å². The first-order valence-electron chi connectivity index (χ1n) is 6.58. The Morgan fingerprint density at radius 1 is 1.00 bits per heavy atom. The van der Waals surface area contributed by atoms with Gasteiger partial charge in [-0.2, -0.15) is 0 Å². The van der Waals surface area contributed by atoms with Crippen molar-refractivity contribution in [3.63, 3.8) is 0 Å². The smallest absolute Gasteiger partial charge is 0.406 e. The fourth-order valence-electron chi connectivity index (χ4n) is 2.13. The Hall–Kier alpha value is -2.47. The third-order valence-corrected chi connectivity index (χ3v) is 3.31. The number of nitrogens with zero attached hydrogens (tertiary/aromatic N) is 1. The van der Waals surface area contributed by atoms with Gasteiger partial charge in [0.2, 0.25) is 0 Å². The van der Waals surface area contributed by atoms with Crippen LogP contribution in [-0.4, -0.2) is 11.3 Å². The molecule has 118 valence electrons. The average Bonchev–Trinajstić information content (AvgIpc) is 2.48. The highest BCUT2D eigenvalue weighted by molar-refractivity contribution is 6.31. The summed E-state index contributed by atoms with van der Waals surface area (Å²) in [6, 6.07) is 12.6. The standard InChI is InChI=1S/C16H10ClF3N2O/c17-11-1-6-14-10(9-11)7-8-21-15(14)22-12-2-4-13(5-3-12)23-16(18,19)20/h1-9H,(H,21,22). The van der Waals surface area contributed by atoms with Gasteiger partial charge < -0.3 is 10.1 Å². The van der Waals surface area contributed by atoms with E-state index in [1.54, 1.807) is 12.3 Å². The van der Waals surface area contributed by atoms with Crippen molar-refractivity contribution in [2.24, 2.45) is 0 Å². The fraction of sp³-hybridized carbons (Fsp3) is 0.0625. The van der Waals surface area contributed by atoms with Crippen molar-refractivity contribution >= 4 is 33.9 Å². The van der Waals surface area contributed by atoms with Crippen LogP contribution in [0.5, 0.6) is 5.75 Å². The zero-order chi connectivity index (χ0) is 16.4. The number of alkyl halides is 3. The van der Waals surface area contributed by atoms with E-state index in [0.717, 1.165) is 10.8 Å². The van der Waals surface area contributed by atoms with E-state index in [4.69, 9.17) is 11.6 Å². The summed E-state index contributed by atoms with van der Waals surface area (Å²) in [6.45, 7) is 0. The quantitative estimate of drug-likeness (QED) is 0.681. The largest absolute Gasteiger partial charge is 0.573 e. The average molecular weight is 339 g/mol. The predicted octanol–water partition coefficient (Wildman–Crippen LogP) is 5.53. The van der Waals surface area contributed by atoms with Gasteiger partial charge in [-0.3, -0.25) is 0 Å². The number of fused-ring (bicyclic) bond motifs is 1. The number of halogens is 4. The van der Waals surface area contributed by atoms with Crippen LogP contribution in [0, 0.1) is 0 Å². The molecule has 0 unspecified atom stereocenters. The second-order valence-corrected chi connectivity index (χ2v) is 5.16. The number of hydrogen-bond donors (Lipinski definition) is 1. The molecule has 0 atom stereocenters. The Balaban J connectivity index is 1.85. The number of pyridine rings is 1. The second-order valence-electron chi connectivity index (χ2n) is 4.72. The normalized spacial score (nSPS) is 11.5. The lowest BCUT2D eigenvalue weighted by Crippen LogP contribution is -2.16. The van der Waals surface area contributed by atoms with Crippen molar-refractivity contribution in [2.75, 3.05) is 5.32 Å². The van der Waals surface area contributed by atoms with Gasteiger partial charge in [-0.05, 0) is 53.9 Å². The topological polar surface area (TPSA) is 34.1 Å². The molecule has 3 nitrogen and oxygen atoms in total. The van der Waals surface area contributed by atoms with Crippen molar-refractivity contribution in [3.8, 4) is 5.75 Å². The summed E-state index contributed by atoms with van der Waals surface area (Å²) in [5, 5.41) is 5.44. The van der Waals surface area contributed by atoms with Gasteiger partial charge in [0.15, 0.2) is 0 Å². The number of anilines is 2. The first kappa shape index (κ1) is 15.4. The molecule has 0 saturated heterocycles. The van der Waals surface area contributed by atoms with Crippen LogP contribution in [0.2, 0.25) is 5.02 Å². The third kappa shape index (κ3) is 3.84. The Morgan fingerprint density at radius 3 is 2.43 bits per heavy atom. The summed E-state index contributed by atoms with van der Waals surface area (Å²) < 4.78 is 40.2. The van der Waals surface area contributed by atoms with Crippen LogP contribution in [0.4, 0.5) is 24.7 Å². The van der Waals surface area contributed by atoms with Gasteiger partial charge in [-0.15, -0.1) is 13.2 Å². The summed E-state index contributed by atoms with van der Waals surface area (Å²) >= 11 is 5.95. The van der Waals surface area contributed by atoms with Crippen LogP contribution < -0.4 is 10.1 Å². The van der Waals surface area contributed by atoms with Gasteiger partial charge in [0.25, 0.3) is 0 Å². The van der Waals surface area contributed by atoms with Gasteiger partial charge in [0.1, 0.15) is 11.6 Å². The number of aromatic nitrogens is 1. The van der Waals surface area contributed by atoms with Crippen molar-refractivity contribution in [1.29, 1.82) is 0 Å². The minimum Gasteiger partial charge on any atom is -0.406 e. The van der Waals surface area contributed by atoms with E-state index < -0.39 is 6.36 Å². The highest BCUT2D eigenvalue weighted by Gasteiger charge is 2.30. The second kappa shape index (κ2) is 5.96. The molecule has 23 heavy (non-hydrogen) atoms. The molecule has 3 aromatic rings. The summed E-state index contributed by atoms with van der Waals surface area (Å²) in [5.74, 6) is 0.310. The van der Waals surface area contributed by atoms with E-state index in [-0.39, 0.29) is 5.75 Å². The maximum Gasteiger partial charge on any atom is 0.573 e. The lowest BCUT2D eigenvalue weighted by molar-refractivity contribution is -0.274. The van der Waals surface area contributed by atoms with Crippen LogP contribution in [0.15, 0.2) is 54.7 Å². The molecule has 0 spiro atoms. The summed E-state index contributed by atoms with van der Waals surface area (Å²) in [6.07, 6.45) is -3.08. The fourth-order valence-corrected chi connectivity index (χ4v) is 2.31. The van der Waals surface area contributed by atoms with E-state index in [9.17, 15) is 13.2 Å². The Morgan fingerprint density at radius 2 is 1.74 bits per heavy atom. The van der Waals surface area contributed by atoms with E-state index in [1.807, 2.05) is 18.2 Å². The van der Waals surface area contributed by atoms with Crippen molar-refractivity contribution in [1.82, 2.24) is 4.98 Å². The molecule has 0 radical (unpaired) electrons. The first-order valence-corrected chi connectivity index (χ1v) is 6.96. The van der Waals surface area contributed by atoms with Crippen LogP contribution in [-0.2, 0) is 0 Å². The van der Waals surface area contributed by atoms with E-state index in [2.05, 4.69) is 15.0 Å². The zero-order valence-corrected chi connectivity index (χ0v) is 12.3. The molecule has 1 N–H and O–H groups in total. The molecule has 7 heteroatoms. The monoisotopic (exact) mass is 338 g/mol. The van der Waals surface area contributed by atoms with E-state index in [1.165, 1.54) is 24.3 Å². The Labute approximate surface area is 134 Å². The maximum atomic E-state index is 12.1. The third-order valence-electron chi connectivity index (χ3n) is 3.08. The molecule has 0 aliphatic heterocycles. The molecule has 0 amide bonds. The van der Waals surface area contributed by atoms with Crippen molar-refractivity contribution in [2.45, 2.75) is 6.36 Å². The van der Waals surface area contributed by atoms with Gasteiger partial charge in [0, 0.05) is 22.3 Å². The molecule has 2 aromatic carbocycles. The molecule has 0 bridgehead atoms. The number of ether oxygens (including phenoxy) is 1. The molecular formula is C16H10ClF3N2O. The minimum absolute atomic E-state index is 0.277. The van der Waals surface area contributed by atoms with Crippen LogP contribution >= 0.6 is 11.6 Å². The summed E-state index contributed by atoms with van der Waals surface area (Å²) in [7, 11) is 0. The molecule has 1 aromatic heterocycles. The van der Waals surface area contributed by atoms with E-state index in [0.29, 0.717) is 16.5 Å². The number of benzene rings is 2. The van der Waals surface area contributed by atoms with Crippen LogP contribution in [0.3, 0.4) is 0 Å². The zero-order valence-electron chi connectivity index (χ0n) is 11.6. The van der Waals surface area contributed by atoms with Gasteiger partial charge in [-0.25, -0.2) is 4.98 Å². The van der Waals surface area contributed by atoms with Crippen molar-refractivity contribution in [3.05, 3.63) is 59.8 Å². The first-order chi connectivity index (χ1) is 10.9. The summed E-state index contributed by atoms with van der Waals surface area (Å²) in [4.78, 5) is 4.25. The molecule has 0 fully saturated rings. The van der Waals surface area contributed by atoms with Gasteiger partial charge >= 0.3 is 6.36 Å². The highest BCUT2D eigenvalue weighted by atomic mass is 35.5. The van der Waals surface area contributed by atoms with Crippen molar-refractivity contribution < 1.29 is 17.9 Å². The SMILES string of the molecule is FC(F)(F)Oc1ccc(Nc2nccc3cc(Cl)ccc23)cc1. The Kier molecular flexibility index (Phi) is 4.00. The maximum absolute atomic E-state index is 12.1. The predicted molar refractivity (Wildman–Crippen MR) is 83.2 cm³/mol. The van der Waals surface area contributed by atoms with Gasteiger partial charge in [-0.1, -0.05) is 11.6 Å². The van der Waals surface area contributed by atoms with Gasteiger partial charge in [0.05, 0.1) is 0 Å². The highest BCUT2D eigenvalue weighted by Crippen LogP contribution is 2.28. The number of rotatable bonds is 3. The molecule has 0 aliphatic carbocycles. The molecule has 0 saturated carbocycles. The molecule has 1 heterocycles. The lowest BCUT2D eigenvalue weighted by Gasteiger charge is -2.11. The molecule has 3 rings (SSSR count). The van der Waals surface area contributed by atoms with Crippen LogP contribution in [0.25, 0.3) is 10.8 Å². The lowest BCUT2D eigenvalue weighted by atomic mass is 10.1. The summed E-state index contributed by atoms with van der Waals surface area (Å²) in [5.41, 5.74) is 0.592. The van der Waals surface area contributed by atoms with Crippen LogP contribution in [0.1, 0.15) is 0 Å².